The topological polar surface area (TPSA) is 60.3 Å². The fraction of sp³-hybridized carbons (Fsp3) is 0.143. The Labute approximate surface area is 152 Å². The van der Waals surface area contributed by atoms with Crippen LogP contribution in [-0.2, 0) is 0 Å². The van der Waals surface area contributed by atoms with Crippen LogP contribution < -0.4 is 4.74 Å². The average molecular weight is 342 g/mol. The first-order chi connectivity index (χ1) is 12.9. The molecule has 1 aromatic carbocycles. The van der Waals surface area contributed by atoms with Crippen LogP contribution in [0, 0.1) is 0 Å². The van der Waals surface area contributed by atoms with Gasteiger partial charge in [0.1, 0.15) is 5.75 Å². The van der Waals surface area contributed by atoms with Gasteiger partial charge in [0.2, 0.25) is 0 Å². The van der Waals surface area contributed by atoms with E-state index in [9.17, 15) is 0 Å². The maximum Gasteiger partial charge on any atom is 0.321 e. The van der Waals surface area contributed by atoms with Crippen LogP contribution in [0.4, 0.5) is 0 Å². The van der Waals surface area contributed by atoms with E-state index in [0.717, 1.165) is 36.2 Å². The Morgan fingerprint density at radius 3 is 2.54 bits per heavy atom. The molecule has 3 heterocycles. The van der Waals surface area contributed by atoms with Gasteiger partial charge in [0.25, 0.3) is 0 Å². The minimum atomic E-state index is 0.344. The highest BCUT2D eigenvalue weighted by molar-refractivity contribution is 6.15. The average Bonchev–Trinajstić information content (AvgIpc) is 2.71. The van der Waals surface area contributed by atoms with Gasteiger partial charge >= 0.3 is 6.01 Å². The molecule has 1 aliphatic heterocycles. The molecular formula is C21H18N4O. The SMILES string of the molecule is C(=C1/CCCN=C1c1cccnc1)/c1ccc(Oc2ncccn2)cc1. The summed E-state index contributed by atoms with van der Waals surface area (Å²) in [6.45, 7) is 0.866. The van der Waals surface area contributed by atoms with E-state index < -0.39 is 0 Å². The van der Waals surface area contributed by atoms with Gasteiger partial charge in [0.05, 0.1) is 5.71 Å². The molecule has 0 fully saturated rings. The molecule has 5 nitrogen and oxygen atoms in total. The molecule has 0 atom stereocenters. The highest BCUT2D eigenvalue weighted by Gasteiger charge is 2.14. The second kappa shape index (κ2) is 7.70. The highest BCUT2D eigenvalue weighted by Crippen LogP contribution is 2.24. The number of nitrogens with zero attached hydrogens (tertiary/aromatic N) is 4. The van der Waals surface area contributed by atoms with E-state index in [2.05, 4.69) is 27.1 Å². The monoisotopic (exact) mass is 342 g/mol. The molecule has 0 amide bonds. The number of hydrogen-bond acceptors (Lipinski definition) is 5. The normalized spacial score (nSPS) is 15.5. The number of pyridine rings is 1. The van der Waals surface area contributed by atoms with E-state index in [1.54, 1.807) is 24.7 Å². The molecule has 1 aliphatic rings. The Hall–Kier alpha value is -3.34. The van der Waals surface area contributed by atoms with Gasteiger partial charge in [-0.3, -0.25) is 9.98 Å². The van der Waals surface area contributed by atoms with Crippen molar-refractivity contribution < 1.29 is 4.74 Å². The standard InChI is InChI=1S/C21H18N4O/c1-5-18(15-22-10-1)20-17(4-2-11-23-20)14-16-6-8-19(9-7-16)26-21-24-12-3-13-25-21/h1,3,5-10,12-15H,2,4,11H2/b17-14+. The van der Waals surface area contributed by atoms with Crippen LogP contribution in [0.1, 0.15) is 24.0 Å². The summed E-state index contributed by atoms with van der Waals surface area (Å²) in [5, 5.41) is 0. The van der Waals surface area contributed by atoms with E-state index >= 15 is 0 Å². The van der Waals surface area contributed by atoms with Gasteiger partial charge in [0, 0.05) is 36.9 Å². The maximum atomic E-state index is 5.64. The third-order valence-electron chi connectivity index (χ3n) is 4.09. The van der Waals surface area contributed by atoms with Crippen molar-refractivity contribution >= 4 is 11.8 Å². The lowest BCUT2D eigenvalue weighted by Gasteiger charge is -2.16. The molecule has 0 unspecified atom stereocenters. The fourth-order valence-electron chi connectivity index (χ4n) is 2.88. The van der Waals surface area contributed by atoms with Crippen LogP contribution in [-0.4, -0.2) is 27.2 Å². The van der Waals surface area contributed by atoms with Crippen LogP contribution in [0.2, 0.25) is 0 Å². The van der Waals surface area contributed by atoms with Gasteiger partial charge in [-0.05, 0) is 60.4 Å². The Kier molecular flexibility index (Phi) is 4.78. The highest BCUT2D eigenvalue weighted by atomic mass is 16.5. The summed E-state index contributed by atoms with van der Waals surface area (Å²) < 4.78 is 5.64. The zero-order chi connectivity index (χ0) is 17.6. The minimum absolute atomic E-state index is 0.344. The summed E-state index contributed by atoms with van der Waals surface area (Å²) in [4.78, 5) is 17.1. The van der Waals surface area contributed by atoms with Crippen LogP contribution in [0.15, 0.2) is 77.8 Å². The number of aliphatic imine (C=N–C) groups is 1. The predicted molar refractivity (Wildman–Crippen MR) is 101 cm³/mol. The van der Waals surface area contributed by atoms with E-state index in [4.69, 9.17) is 9.73 Å². The van der Waals surface area contributed by atoms with Gasteiger partial charge in [-0.15, -0.1) is 0 Å². The van der Waals surface area contributed by atoms with Crippen LogP contribution in [0.3, 0.4) is 0 Å². The third kappa shape index (κ3) is 3.83. The lowest BCUT2D eigenvalue weighted by molar-refractivity contribution is 0.442. The molecule has 0 bridgehead atoms. The van der Waals surface area contributed by atoms with E-state index in [1.165, 1.54) is 5.57 Å². The Balaban J connectivity index is 1.55. The summed E-state index contributed by atoms with van der Waals surface area (Å²) in [7, 11) is 0. The minimum Gasteiger partial charge on any atom is -0.424 e. The molecule has 128 valence electrons. The van der Waals surface area contributed by atoms with E-state index in [1.807, 2.05) is 36.5 Å². The summed E-state index contributed by atoms with van der Waals surface area (Å²) in [6, 6.07) is 14.0. The summed E-state index contributed by atoms with van der Waals surface area (Å²) in [6.07, 6.45) is 11.2. The van der Waals surface area contributed by atoms with Crippen molar-refractivity contribution in [2.75, 3.05) is 6.54 Å². The second-order valence-electron chi connectivity index (χ2n) is 5.95. The Bertz CT molecular complexity index is 919. The van der Waals surface area contributed by atoms with Gasteiger partial charge in [0.15, 0.2) is 0 Å². The molecule has 4 rings (SSSR count). The molecule has 0 saturated carbocycles. The number of ether oxygens (including phenoxy) is 1. The molecule has 0 N–H and O–H groups in total. The number of hydrogen-bond donors (Lipinski definition) is 0. The quantitative estimate of drug-likeness (QED) is 0.708. The van der Waals surface area contributed by atoms with Crippen molar-refractivity contribution in [3.05, 3.63) is 84.0 Å². The van der Waals surface area contributed by atoms with Gasteiger partial charge in [-0.1, -0.05) is 12.1 Å². The number of aromatic nitrogens is 3. The molecule has 0 aliphatic carbocycles. The van der Waals surface area contributed by atoms with Crippen LogP contribution in [0.25, 0.3) is 6.08 Å². The zero-order valence-electron chi connectivity index (χ0n) is 14.2. The van der Waals surface area contributed by atoms with Crippen molar-refractivity contribution in [2.45, 2.75) is 12.8 Å². The van der Waals surface area contributed by atoms with E-state index in [-0.39, 0.29) is 0 Å². The molecule has 5 heteroatoms. The van der Waals surface area contributed by atoms with E-state index in [0.29, 0.717) is 11.8 Å². The Morgan fingerprint density at radius 1 is 0.923 bits per heavy atom. The van der Waals surface area contributed by atoms with Crippen molar-refractivity contribution in [1.82, 2.24) is 15.0 Å². The fourth-order valence-corrected chi connectivity index (χ4v) is 2.88. The van der Waals surface area contributed by atoms with Gasteiger partial charge in [-0.25, -0.2) is 9.97 Å². The smallest absolute Gasteiger partial charge is 0.321 e. The number of allylic oxidation sites excluding steroid dienone is 1. The van der Waals surface area contributed by atoms with Crippen molar-refractivity contribution in [3.63, 3.8) is 0 Å². The Morgan fingerprint density at radius 2 is 1.77 bits per heavy atom. The lowest BCUT2D eigenvalue weighted by Crippen LogP contribution is -2.11. The molecule has 0 radical (unpaired) electrons. The summed E-state index contributed by atoms with van der Waals surface area (Å²) in [5.41, 5.74) is 4.46. The second-order valence-corrected chi connectivity index (χ2v) is 5.95. The first-order valence-electron chi connectivity index (χ1n) is 8.59. The summed E-state index contributed by atoms with van der Waals surface area (Å²) >= 11 is 0. The molecule has 3 aromatic rings. The number of rotatable bonds is 4. The largest absolute Gasteiger partial charge is 0.424 e. The molecular weight excluding hydrogens is 324 g/mol. The molecule has 26 heavy (non-hydrogen) atoms. The summed E-state index contributed by atoms with van der Waals surface area (Å²) in [5.74, 6) is 0.711. The maximum absolute atomic E-state index is 5.64. The lowest BCUT2D eigenvalue weighted by atomic mass is 9.95. The predicted octanol–water partition coefficient (Wildman–Crippen LogP) is 4.33. The van der Waals surface area contributed by atoms with Crippen LogP contribution >= 0.6 is 0 Å². The first kappa shape index (κ1) is 16.1. The van der Waals surface area contributed by atoms with Crippen molar-refractivity contribution in [1.29, 1.82) is 0 Å². The zero-order valence-corrected chi connectivity index (χ0v) is 14.2. The van der Waals surface area contributed by atoms with Crippen molar-refractivity contribution in [2.24, 2.45) is 4.99 Å². The van der Waals surface area contributed by atoms with Gasteiger partial charge < -0.3 is 4.74 Å². The first-order valence-corrected chi connectivity index (χ1v) is 8.59. The third-order valence-corrected chi connectivity index (χ3v) is 4.09. The number of benzene rings is 1. The molecule has 2 aromatic heterocycles. The van der Waals surface area contributed by atoms with Gasteiger partial charge in [-0.2, -0.15) is 0 Å². The van der Waals surface area contributed by atoms with Crippen molar-refractivity contribution in [3.8, 4) is 11.8 Å². The molecule has 0 saturated heterocycles. The molecule has 0 spiro atoms. The van der Waals surface area contributed by atoms with Crippen LogP contribution in [0.5, 0.6) is 11.8 Å².